The molecule has 24 heavy (non-hydrogen) atoms. The molecular formula is C18H15ClN4S. The van der Waals surface area contributed by atoms with Crippen molar-refractivity contribution >= 4 is 23.4 Å². The topological polar surface area (TPSA) is 54.5 Å². The molecule has 1 heterocycles. The van der Waals surface area contributed by atoms with Gasteiger partial charge >= 0.3 is 0 Å². The minimum atomic E-state index is -0.204. The average molecular weight is 355 g/mol. The zero-order chi connectivity index (χ0) is 16.9. The van der Waals surface area contributed by atoms with Crippen molar-refractivity contribution in [2.45, 2.75) is 23.8 Å². The maximum atomic E-state index is 9.09. The van der Waals surface area contributed by atoms with E-state index >= 15 is 0 Å². The molecule has 4 nitrogen and oxygen atoms in total. The van der Waals surface area contributed by atoms with Crippen LogP contribution < -0.4 is 0 Å². The van der Waals surface area contributed by atoms with Gasteiger partial charge in [0.2, 0.25) is 0 Å². The second kappa shape index (κ2) is 7.52. The van der Waals surface area contributed by atoms with Crippen molar-refractivity contribution in [3.63, 3.8) is 0 Å². The van der Waals surface area contributed by atoms with Gasteiger partial charge < -0.3 is 0 Å². The molecule has 120 valence electrons. The molecule has 3 rings (SSSR count). The maximum absolute atomic E-state index is 9.09. The Balaban J connectivity index is 2.02. The lowest BCUT2D eigenvalue weighted by molar-refractivity contribution is 0.846. The summed E-state index contributed by atoms with van der Waals surface area (Å²) >= 11 is 7.40. The molecule has 6 heteroatoms. The van der Waals surface area contributed by atoms with Gasteiger partial charge in [0.15, 0.2) is 5.16 Å². The van der Waals surface area contributed by atoms with Gasteiger partial charge in [0.1, 0.15) is 5.82 Å². The second-order valence-corrected chi connectivity index (χ2v) is 7.01. The number of benzene rings is 2. The monoisotopic (exact) mass is 354 g/mol. The Labute approximate surface area is 150 Å². The van der Waals surface area contributed by atoms with E-state index in [1.165, 1.54) is 11.8 Å². The van der Waals surface area contributed by atoms with Crippen LogP contribution in [0.3, 0.4) is 0 Å². The molecule has 0 saturated carbocycles. The van der Waals surface area contributed by atoms with Gasteiger partial charge in [0.25, 0.3) is 0 Å². The van der Waals surface area contributed by atoms with Crippen molar-refractivity contribution in [3.8, 4) is 11.8 Å². The number of nitrogens with zero attached hydrogens (tertiary/aromatic N) is 4. The lowest BCUT2D eigenvalue weighted by atomic mass is 10.1. The standard InChI is InChI=1S/C18H15ClN4S/c1-13(12-20)24-18-22-21-17(11-14-5-3-2-4-6-14)23(18)16-9-7-15(19)8-10-16/h2-10,13H,11H2,1H3. The Hall–Kier alpha value is -2.29. The molecule has 0 fully saturated rings. The van der Waals surface area contributed by atoms with E-state index in [2.05, 4.69) is 28.4 Å². The fourth-order valence-corrected chi connectivity index (χ4v) is 3.20. The molecule has 1 aromatic heterocycles. The lowest BCUT2D eigenvalue weighted by Gasteiger charge is -2.11. The fraction of sp³-hybridized carbons (Fsp3) is 0.167. The minimum Gasteiger partial charge on any atom is -0.274 e. The zero-order valence-electron chi connectivity index (χ0n) is 13.1. The predicted octanol–water partition coefficient (Wildman–Crippen LogP) is 4.52. The van der Waals surface area contributed by atoms with E-state index < -0.39 is 0 Å². The summed E-state index contributed by atoms with van der Waals surface area (Å²) in [6.45, 7) is 1.85. The third-order valence-corrected chi connectivity index (χ3v) is 4.64. The van der Waals surface area contributed by atoms with Crippen LogP contribution in [-0.2, 0) is 6.42 Å². The molecule has 0 aliphatic carbocycles. The molecule has 0 aliphatic rings. The molecule has 0 N–H and O–H groups in total. The number of thioether (sulfide) groups is 1. The number of rotatable bonds is 5. The molecule has 0 spiro atoms. The summed E-state index contributed by atoms with van der Waals surface area (Å²) in [5.74, 6) is 0.830. The highest BCUT2D eigenvalue weighted by molar-refractivity contribution is 8.00. The highest BCUT2D eigenvalue weighted by atomic mass is 35.5. The van der Waals surface area contributed by atoms with Crippen molar-refractivity contribution in [2.75, 3.05) is 0 Å². The van der Waals surface area contributed by atoms with Crippen LogP contribution in [0.2, 0.25) is 5.02 Å². The Morgan fingerprint density at radius 3 is 2.50 bits per heavy atom. The highest BCUT2D eigenvalue weighted by Gasteiger charge is 2.17. The summed E-state index contributed by atoms with van der Waals surface area (Å²) in [4.78, 5) is 0. The second-order valence-electron chi connectivity index (χ2n) is 5.26. The molecule has 0 saturated heterocycles. The summed E-state index contributed by atoms with van der Waals surface area (Å²) in [5, 5.41) is 18.9. The first-order valence-electron chi connectivity index (χ1n) is 7.48. The zero-order valence-corrected chi connectivity index (χ0v) is 14.6. The quantitative estimate of drug-likeness (QED) is 0.632. The van der Waals surface area contributed by atoms with Crippen molar-refractivity contribution in [3.05, 3.63) is 71.0 Å². The van der Waals surface area contributed by atoms with E-state index in [1.54, 1.807) is 0 Å². The molecule has 1 atom stereocenters. The molecule has 0 aliphatic heterocycles. The van der Waals surface area contributed by atoms with E-state index in [-0.39, 0.29) is 5.25 Å². The molecule has 3 aromatic rings. The summed E-state index contributed by atoms with van der Waals surface area (Å²) in [6, 6.07) is 19.9. The molecule has 2 aromatic carbocycles. The average Bonchev–Trinajstić information content (AvgIpc) is 2.98. The molecule has 0 amide bonds. The lowest BCUT2D eigenvalue weighted by Crippen LogP contribution is -2.05. The van der Waals surface area contributed by atoms with Crippen molar-refractivity contribution < 1.29 is 0 Å². The molecular weight excluding hydrogens is 340 g/mol. The van der Waals surface area contributed by atoms with Crippen LogP contribution in [0.25, 0.3) is 5.69 Å². The van der Waals surface area contributed by atoms with Crippen LogP contribution in [0.15, 0.2) is 59.8 Å². The van der Waals surface area contributed by atoms with Gasteiger partial charge in [-0.25, -0.2) is 0 Å². The Bertz CT molecular complexity index is 853. The predicted molar refractivity (Wildman–Crippen MR) is 96.5 cm³/mol. The van der Waals surface area contributed by atoms with Gasteiger partial charge in [-0.2, -0.15) is 5.26 Å². The largest absolute Gasteiger partial charge is 0.274 e. The van der Waals surface area contributed by atoms with Gasteiger partial charge in [-0.3, -0.25) is 4.57 Å². The van der Waals surface area contributed by atoms with Crippen molar-refractivity contribution in [2.24, 2.45) is 0 Å². The Morgan fingerprint density at radius 1 is 1.12 bits per heavy atom. The number of hydrogen-bond donors (Lipinski definition) is 0. The Kier molecular flexibility index (Phi) is 5.19. The van der Waals surface area contributed by atoms with Gasteiger partial charge in [0, 0.05) is 17.1 Å². The first-order chi connectivity index (χ1) is 11.7. The molecule has 0 radical (unpaired) electrons. The van der Waals surface area contributed by atoms with Gasteiger partial charge in [0.05, 0.1) is 11.3 Å². The summed E-state index contributed by atoms with van der Waals surface area (Å²) in [7, 11) is 0. The van der Waals surface area contributed by atoms with E-state index in [1.807, 2.05) is 54.0 Å². The smallest absolute Gasteiger partial charge is 0.197 e. The van der Waals surface area contributed by atoms with E-state index in [9.17, 15) is 0 Å². The summed E-state index contributed by atoms with van der Waals surface area (Å²) in [5.41, 5.74) is 2.09. The van der Waals surface area contributed by atoms with Gasteiger partial charge in [-0.1, -0.05) is 53.7 Å². The number of halogens is 1. The van der Waals surface area contributed by atoms with Crippen LogP contribution in [0, 0.1) is 11.3 Å². The maximum Gasteiger partial charge on any atom is 0.197 e. The third-order valence-electron chi connectivity index (χ3n) is 3.45. The van der Waals surface area contributed by atoms with Crippen LogP contribution in [0.1, 0.15) is 18.3 Å². The van der Waals surface area contributed by atoms with E-state index in [0.717, 1.165) is 17.1 Å². The SMILES string of the molecule is CC(C#N)Sc1nnc(Cc2ccccc2)n1-c1ccc(Cl)cc1. The van der Waals surface area contributed by atoms with Crippen LogP contribution in [0.4, 0.5) is 0 Å². The van der Waals surface area contributed by atoms with E-state index in [4.69, 9.17) is 16.9 Å². The number of nitriles is 1. The number of hydrogen-bond acceptors (Lipinski definition) is 4. The van der Waals surface area contributed by atoms with Crippen molar-refractivity contribution in [1.29, 1.82) is 5.26 Å². The number of aromatic nitrogens is 3. The van der Waals surface area contributed by atoms with E-state index in [0.29, 0.717) is 16.6 Å². The van der Waals surface area contributed by atoms with Crippen LogP contribution in [-0.4, -0.2) is 20.0 Å². The molecule has 1 unspecified atom stereocenters. The van der Waals surface area contributed by atoms with Gasteiger partial charge in [-0.15, -0.1) is 10.2 Å². The van der Waals surface area contributed by atoms with Gasteiger partial charge in [-0.05, 0) is 36.8 Å². The highest BCUT2D eigenvalue weighted by Crippen LogP contribution is 2.27. The Morgan fingerprint density at radius 2 is 1.83 bits per heavy atom. The van der Waals surface area contributed by atoms with Crippen LogP contribution in [0.5, 0.6) is 0 Å². The first-order valence-corrected chi connectivity index (χ1v) is 8.73. The normalized spacial score (nSPS) is 11.9. The summed E-state index contributed by atoms with van der Waals surface area (Å²) < 4.78 is 1.99. The minimum absolute atomic E-state index is 0.204. The summed E-state index contributed by atoms with van der Waals surface area (Å²) in [6.07, 6.45) is 0.665. The fourth-order valence-electron chi connectivity index (χ4n) is 2.30. The van der Waals surface area contributed by atoms with Crippen molar-refractivity contribution in [1.82, 2.24) is 14.8 Å². The molecule has 0 bridgehead atoms. The first kappa shape index (κ1) is 16.6. The van der Waals surface area contributed by atoms with Crippen LogP contribution >= 0.6 is 23.4 Å². The third kappa shape index (κ3) is 3.78.